The summed E-state index contributed by atoms with van der Waals surface area (Å²) in [6, 6.07) is 7.68. The fourth-order valence-electron chi connectivity index (χ4n) is 1.34. The van der Waals surface area contributed by atoms with Crippen LogP contribution in [-0.2, 0) is 6.42 Å². The molecule has 2 rings (SSSR count). The second-order valence-corrected chi connectivity index (χ2v) is 6.04. The van der Waals surface area contributed by atoms with Crippen LogP contribution in [0.2, 0.25) is 5.02 Å². The lowest BCUT2D eigenvalue weighted by Crippen LogP contribution is -2.03. The molecule has 0 atom stereocenters. The lowest BCUT2D eigenvalue weighted by molar-refractivity contribution is 0.931. The van der Waals surface area contributed by atoms with E-state index >= 15 is 0 Å². The molecular formula is C11H10BrClN2S. The fourth-order valence-corrected chi connectivity index (χ4v) is 3.06. The standard InChI is InChI=1S/C11H10BrClN2S/c12-10-9(5-6-14)15-11(16-10)7-1-3-8(13)4-2-7/h1-4H,5-6,14H2. The first kappa shape index (κ1) is 12.0. The van der Waals surface area contributed by atoms with Gasteiger partial charge in [-0.25, -0.2) is 4.98 Å². The minimum Gasteiger partial charge on any atom is -0.330 e. The zero-order valence-electron chi connectivity index (χ0n) is 8.41. The molecule has 1 aromatic heterocycles. The van der Waals surface area contributed by atoms with E-state index in [9.17, 15) is 0 Å². The summed E-state index contributed by atoms with van der Waals surface area (Å²) in [4.78, 5) is 4.55. The molecule has 0 spiro atoms. The number of halogens is 2. The second kappa shape index (κ2) is 5.27. The molecule has 16 heavy (non-hydrogen) atoms. The average Bonchev–Trinajstić information content (AvgIpc) is 2.62. The number of benzene rings is 1. The van der Waals surface area contributed by atoms with Gasteiger partial charge in [0.25, 0.3) is 0 Å². The van der Waals surface area contributed by atoms with Crippen molar-refractivity contribution in [3.63, 3.8) is 0 Å². The number of nitrogens with two attached hydrogens (primary N) is 1. The van der Waals surface area contributed by atoms with Crippen LogP contribution < -0.4 is 5.73 Å². The first-order chi connectivity index (χ1) is 7.70. The topological polar surface area (TPSA) is 38.9 Å². The molecule has 2 nitrogen and oxygen atoms in total. The Hall–Kier alpha value is -0.420. The van der Waals surface area contributed by atoms with Crippen molar-refractivity contribution in [2.24, 2.45) is 5.73 Å². The van der Waals surface area contributed by atoms with Crippen LogP contribution in [0.5, 0.6) is 0 Å². The highest BCUT2D eigenvalue weighted by Crippen LogP contribution is 2.32. The van der Waals surface area contributed by atoms with Crippen molar-refractivity contribution in [1.82, 2.24) is 4.98 Å². The predicted octanol–water partition coefficient (Wildman–Crippen LogP) is 3.73. The van der Waals surface area contributed by atoms with Crippen LogP contribution in [0.15, 0.2) is 28.1 Å². The average molecular weight is 318 g/mol. The van der Waals surface area contributed by atoms with E-state index in [0.717, 1.165) is 31.5 Å². The van der Waals surface area contributed by atoms with Gasteiger partial charge in [0, 0.05) is 17.0 Å². The Morgan fingerprint density at radius 2 is 2.00 bits per heavy atom. The molecular weight excluding hydrogens is 308 g/mol. The predicted molar refractivity (Wildman–Crippen MR) is 73.0 cm³/mol. The van der Waals surface area contributed by atoms with Crippen LogP contribution in [0.25, 0.3) is 10.6 Å². The number of thiazole rings is 1. The molecule has 2 N–H and O–H groups in total. The van der Waals surface area contributed by atoms with Gasteiger partial charge in [0.15, 0.2) is 0 Å². The molecule has 2 aromatic rings. The van der Waals surface area contributed by atoms with Crippen molar-refractivity contribution in [3.05, 3.63) is 38.8 Å². The first-order valence-electron chi connectivity index (χ1n) is 4.82. The molecule has 0 saturated carbocycles. The summed E-state index contributed by atoms with van der Waals surface area (Å²) in [7, 11) is 0. The Balaban J connectivity index is 2.33. The monoisotopic (exact) mass is 316 g/mol. The van der Waals surface area contributed by atoms with Crippen molar-refractivity contribution >= 4 is 38.9 Å². The molecule has 0 unspecified atom stereocenters. The van der Waals surface area contributed by atoms with Crippen molar-refractivity contribution < 1.29 is 0 Å². The summed E-state index contributed by atoms with van der Waals surface area (Å²) < 4.78 is 1.06. The maximum atomic E-state index is 5.84. The first-order valence-corrected chi connectivity index (χ1v) is 6.80. The Morgan fingerprint density at radius 3 is 2.62 bits per heavy atom. The number of aromatic nitrogens is 1. The quantitative estimate of drug-likeness (QED) is 0.937. The van der Waals surface area contributed by atoms with Gasteiger partial charge < -0.3 is 5.73 Å². The third-order valence-corrected chi connectivity index (χ3v) is 4.25. The lowest BCUT2D eigenvalue weighted by Gasteiger charge is -1.95. The van der Waals surface area contributed by atoms with Gasteiger partial charge >= 0.3 is 0 Å². The van der Waals surface area contributed by atoms with E-state index in [1.54, 1.807) is 11.3 Å². The third kappa shape index (κ3) is 2.63. The van der Waals surface area contributed by atoms with Crippen molar-refractivity contribution in [2.45, 2.75) is 6.42 Å². The normalized spacial score (nSPS) is 10.7. The van der Waals surface area contributed by atoms with Crippen LogP contribution in [0.3, 0.4) is 0 Å². The van der Waals surface area contributed by atoms with Crippen molar-refractivity contribution in [3.8, 4) is 10.6 Å². The molecule has 0 amide bonds. The fraction of sp³-hybridized carbons (Fsp3) is 0.182. The highest BCUT2D eigenvalue weighted by Gasteiger charge is 2.09. The van der Waals surface area contributed by atoms with E-state index in [1.165, 1.54) is 0 Å². The van der Waals surface area contributed by atoms with E-state index in [-0.39, 0.29) is 0 Å². The highest BCUT2D eigenvalue weighted by atomic mass is 79.9. The number of rotatable bonds is 3. The van der Waals surface area contributed by atoms with Crippen LogP contribution in [-0.4, -0.2) is 11.5 Å². The molecule has 1 aromatic carbocycles. The van der Waals surface area contributed by atoms with E-state index in [0.29, 0.717) is 6.54 Å². The Bertz CT molecular complexity index is 481. The summed E-state index contributed by atoms with van der Waals surface area (Å²) in [5.74, 6) is 0. The summed E-state index contributed by atoms with van der Waals surface area (Å²) in [6.07, 6.45) is 0.796. The molecule has 0 aliphatic heterocycles. The number of nitrogens with zero attached hydrogens (tertiary/aromatic N) is 1. The van der Waals surface area contributed by atoms with Crippen molar-refractivity contribution in [1.29, 1.82) is 0 Å². The number of hydrogen-bond donors (Lipinski definition) is 1. The molecule has 5 heteroatoms. The number of hydrogen-bond acceptors (Lipinski definition) is 3. The summed E-state index contributed by atoms with van der Waals surface area (Å²) in [5, 5.41) is 1.73. The minimum atomic E-state index is 0.613. The second-order valence-electron chi connectivity index (χ2n) is 3.28. The van der Waals surface area contributed by atoms with E-state index in [4.69, 9.17) is 17.3 Å². The van der Waals surface area contributed by atoms with E-state index in [2.05, 4.69) is 20.9 Å². The van der Waals surface area contributed by atoms with Gasteiger partial charge in [0.05, 0.1) is 9.48 Å². The molecule has 0 radical (unpaired) electrons. The van der Waals surface area contributed by atoms with E-state index in [1.807, 2.05) is 24.3 Å². The zero-order valence-corrected chi connectivity index (χ0v) is 11.6. The van der Waals surface area contributed by atoms with Crippen molar-refractivity contribution in [2.75, 3.05) is 6.54 Å². The van der Waals surface area contributed by atoms with Crippen LogP contribution in [0.4, 0.5) is 0 Å². The van der Waals surface area contributed by atoms with Crippen LogP contribution in [0, 0.1) is 0 Å². The summed E-state index contributed by atoms with van der Waals surface area (Å²) >= 11 is 11.0. The Kier molecular flexibility index (Phi) is 3.97. The molecule has 84 valence electrons. The summed E-state index contributed by atoms with van der Waals surface area (Å²) in [5.41, 5.74) is 7.63. The summed E-state index contributed by atoms with van der Waals surface area (Å²) in [6.45, 7) is 0.613. The van der Waals surface area contributed by atoms with E-state index < -0.39 is 0 Å². The molecule has 0 fully saturated rings. The van der Waals surface area contributed by atoms with Gasteiger partial charge in [-0.2, -0.15) is 0 Å². The molecule has 1 heterocycles. The molecule has 0 saturated heterocycles. The zero-order chi connectivity index (χ0) is 11.5. The molecule has 0 aliphatic rings. The van der Waals surface area contributed by atoms with Gasteiger partial charge in [0.1, 0.15) is 5.01 Å². The highest BCUT2D eigenvalue weighted by molar-refractivity contribution is 9.11. The minimum absolute atomic E-state index is 0.613. The Labute approximate surface area is 112 Å². The Morgan fingerprint density at radius 1 is 1.31 bits per heavy atom. The smallest absolute Gasteiger partial charge is 0.124 e. The lowest BCUT2D eigenvalue weighted by atomic mass is 10.2. The third-order valence-electron chi connectivity index (χ3n) is 2.12. The van der Waals surface area contributed by atoms with Crippen LogP contribution in [0.1, 0.15) is 5.69 Å². The van der Waals surface area contributed by atoms with Crippen LogP contribution >= 0.6 is 38.9 Å². The molecule has 0 aliphatic carbocycles. The maximum Gasteiger partial charge on any atom is 0.124 e. The van der Waals surface area contributed by atoms with Gasteiger partial charge in [-0.3, -0.25) is 0 Å². The maximum absolute atomic E-state index is 5.84. The molecule has 0 bridgehead atoms. The van der Waals surface area contributed by atoms with Gasteiger partial charge in [-0.05, 0) is 34.6 Å². The van der Waals surface area contributed by atoms with Gasteiger partial charge in [0.2, 0.25) is 0 Å². The SMILES string of the molecule is NCCc1nc(-c2ccc(Cl)cc2)sc1Br. The largest absolute Gasteiger partial charge is 0.330 e. The van der Waals surface area contributed by atoms with Gasteiger partial charge in [-0.15, -0.1) is 11.3 Å². The van der Waals surface area contributed by atoms with Gasteiger partial charge in [-0.1, -0.05) is 23.7 Å².